The van der Waals surface area contributed by atoms with Crippen molar-refractivity contribution in [3.63, 3.8) is 0 Å². The van der Waals surface area contributed by atoms with E-state index in [-0.39, 0.29) is 19.6 Å². The van der Waals surface area contributed by atoms with E-state index in [0.29, 0.717) is 0 Å². The predicted octanol–water partition coefficient (Wildman–Crippen LogP) is 1.20. The molecule has 0 saturated carbocycles. The van der Waals surface area contributed by atoms with Crippen LogP contribution in [0.3, 0.4) is 0 Å². The van der Waals surface area contributed by atoms with Gasteiger partial charge in [-0.2, -0.15) is 0 Å². The standard InChI is InChI=1S/C11H14BrNO3/c12-9-4-2-1-3-8(9)7-16-11(15)10(14)5-6-13/h1-4,10,14H,5-7,13H2. The molecule has 1 atom stereocenters. The monoisotopic (exact) mass is 287 g/mol. The van der Waals surface area contributed by atoms with Crippen LogP contribution in [0.1, 0.15) is 12.0 Å². The van der Waals surface area contributed by atoms with Gasteiger partial charge in [0.1, 0.15) is 6.61 Å². The predicted molar refractivity (Wildman–Crippen MR) is 63.6 cm³/mol. The van der Waals surface area contributed by atoms with Crippen LogP contribution in [-0.4, -0.2) is 23.7 Å². The number of ether oxygens (including phenoxy) is 1. The van der Waals surface area contributed by atoms with Gasteiger partial charge in [0, 0.05) is 10.0 Å². The van der Waals surface area contributed by atoms with Crippen LogP contribution >= 0.6 is 15.9 Å². The minimum absolute atomic E-state index is 0.141. The zero-order valence-corrected chi connectivity index (χ0v) is 10.3. The number of aliphatic hydroxyl groups excluding tert-OH is 1. The third kappa shape index (κ3) is 3.92. The lowest BCUT2D eigenvalue weighted by atomic mass is 10.2. The Morgan fingerprint density at radius 2 is 2.19 bits per heavy atom. The average molecular weight is 288 g/mol. The summed E-state index contributed by atoms with van der Waals surface area (Å²) in [5, 5.41) is 9.30. The zero-order chi connectivity index (χ0) is 12.0. The Balaban J connectivity index is 2.46. The van der Waals surface area contributed by atoms with E-state index in [1.165, 1.54) is 0 Å². The Morgan fingerprint density at radius 1 is 1.50 bits per heavy atom. The van der Waals surface area contributed by atoms with Crippen LogP contribution in [0.5, 0.6) is 0 Å². The number of esters is 1. The third-order valence-corrected chi connectivity index (χ3v) is 2.81. The number of carbonyl (C=O) groups excluding carboxylic acids is 1. The van der Waals surface area contributed by atoms with E-state index in [4.69, 9.17) is 10.5 Å². The first-order chi connectivity index (χ1) is 7.65. The largest absolute Gasteiger partial charge is 0.459 e. The first-order valence-corrected chi connectivity index (χ1v) is 5.72. The Bertz CT molecular complexity index is 357. The molecule has 1 unspecified atom stereocenters. The highest BCUT2D eigenvalue weighted by molar-refractivity contribution is 9.10. The van der Waals surface area contributed by atoms with Crippen LogP contribution < -0.4 is 5.73 Å². The molecule has 0 aliphatic rings. The van der Waals surface area contributed by atoms with Crippen LogP contribution in [0.4, 0.5) is 0 Å². The highest BCUT2D eigenvalue weighted by Crippen LogP contribution is 2.16. The summed E-state index contributed by atoms with van der Waals surface area (Å²) in [4.78, 5) is 11.3. The van der Waals surface area contributed by atoms with E-state index in [2.05, 4.69) is 15.9 Å². The van der Waals surface area contributed by atoms with Crippen molar-refractivity contribution in [3.8, 4) is 0 Å². The van der Waals surface area contributed by atoms with Crippen molar-refractivity contribution in [1.29, 1.82) is 0 Å². The quantitative estimate of drug-likeness (QED) is 0.799. The van der Waals surface area contributed by atoms with Crippen molar-refractivity contribution in [3.05, 3.63) is 34.3 Å². The van der Waals surface area contributed by atoms with Gasteiger partial charge in [-0.15, -0.1) is 0 Å². The Morgan fingerprint density at radius 3 is 2.81 bits per heavy atom. The van der Waals surface area contributed by atoms with Crippen LogP contribution in [0.2, 0.25) is 0 Å². The van der Waals surface area contributed by atoms with Gasteiger partial charge in [0.2, 0.25) is 0 Å². The molecule has 3 N–H and O–H groups in total. The highest BCUT2D eigenvalue weighted by Gasteiger charge is 2.15. The maximum absolute atomic E-state index is 11.3. The van der Waals surface area contributed by atoms with Gasteiger partial charge in [-0.1, -0.05) is 34.1 Å². The molecule has 0 aliphatic heterocycles. The summed E-state index contributed by atoms with van der Waals surface area (Å²) in [6.07, 6.45) is -0.915. The number of hydrogen-bond donors (Lipinski definition) is 2. The van der Waals surface area contributed by atoms with Gasteiger partial charge >= 0.3 is 5.97 Å². The first-order valence-electron chi connectivity index (χ1n) is 4.93. The Hall–Kier alpha value is -0.910. The van der Waals surface area contributed by atoms with Crippen molar-refractivity contribution >= 4 is 21.9 Å². The fourth-order valence-electron chi connectivity index (χ4n) is 1.14. The van der Waals surface area contributed by atoms with Crippen molar-refractivity contribution in [1.82, 2.24) is 0 Å². The SMILES string of the molecule is NCCC(O)C(=O)OCc1ccccc1Br. The third-order valence-electron chi connectivity index (χ3n) is 2.04. The summed E-state index contributed by atoms with van der Waals surface area (Å²) in [7, 11) is 0. The van der Waals surface area contributed by atoms with Crippen LogP contribution in [0.15, 0.2) is 28.7 Å². The van der Waals surface area contributed by atoms with Crippen LogP contribution in [0, 0.1) is 0 Å². The summed E-state index contributed by atoms with van der Waals surface area (Å²) in [5.41, 5.74) is 6.08. The molecule has 5 heteroatoms. The lowest BCUT2D eigenvalue weighted by Gasteiger charge is -2.10. The fourth-order valence-corrected chi connectivity index (χ4v) is 1.54. The molecule has 0 amide bonds. The van der Waals surface area contributed by atoms with Gasteiger partial charge < -0.3 is 15.6 Å². The number of hydrogen-bond acceptors (Lipinski definition) is 4. The van der Waals surface area contributed by atoms with E-state index in [9.17, 15) is 9.90 Å². The lowest BCUT2D eigenvalue weighted by Crippen LogP contribution is -2.25. The molecule has 88 valence electrons. The second-order valence-corrected chi connectivity index (χ2v) is 4.15. The number of carbonyl (C=O) groups is 1. The summed E-state index contributed by atoms with van der Waals surface area (Å²) in [5.74, 6) is -0.638. The molecule has 16 heavy (non-hydrogen) atoms. The molecule has 1 aromatic carbocycles. The molecule has 0 radical (unpaired) electrons. The van der Waals surface area contributed by atoms with Crippen molar-refractivity contribution in [2.24, 2.45) is 5.73 Å². The van der Waals surface area contributed by atoms with Gasteiger partial charge in [0.15, 0.2) is 6.10 Å². The summed E-state index contributed by atoms with van der Waals surface area (Å²) in [6, 6.07) is 7.43. The number of halogens is 1. The number of benzene rings is 1. The molecule has 4 nitrogen and oxygen atoms in total. The molecule has 0 saturated heterocycles. The van der Waals surface area contributed by atoms with Crippen molar-refractivity contribution < 1.29 is 14.6 Å². The molecule has 1 rings (SSSR count). The van der Waals surface area contributed by atoms with Crippen LogP contribution in [0.25, 0.3) is 0 Å². The topological polar surface area (TPSA) is 72.5 Å². The molecule has 1 aromatic rings. The van der Waals surface area contributed by atoms with Crippen molar-refractivity contribution in [2.75, 3.05) is 6.54 Å². The molecule has 0 aromatic heterocycles. The normalized spacial score (nSPS) is 12.2. The second-order valence-electron chi connectivity index (χ2n) is 3.29. The average Bonchev–Trinajstić information content (AvgIpc) is 2.28. The van der Waals surface area contributed by atoms with Gasteiger partial charge in [-0.25, -0.2) is 4.79 Å². The number of aliphatic hydroxyl groups is 1. The van der Waals surface area contributed by atoms with Gasteiger partial charge in [-0.3, -0.25) is 0 Å². The van der Waals surface area contributed by atoms with Crippen molar-refractivity contribution in [2.45, 2.75) is 19.1 Å². The number of rotatable bonds is 5. The minimum atomic E-state index is -1.13. The zero-order valence-electron chi connectivity index (χ0n) is 8.73. The van der Waals surface area contributed by atoms with E-state index in [1.807, 2.05) is 24.3 Å². The van der Waals surface area contributed by atoms with Gasteiger partial charge in [-0.05, 0) is 19.0 Å². The van der Waals surface area contributed by atoms with E-state index >= 15 is 0 Å². The van der Waals surface area contributed by atoms with E-state index in [0.717, 1.165) is 10.0 Å². The second kappa shape index (κ2) is 6.62. The Kier molecular flexibility index (Phi) is 5.45. The first kappa shape index (κ1) is 13.2. The smallest absolute Gasteiger partial charge is 0.335 e. The lowest BCUT2D eigenvalue weighted by molar-refractivity contribution is -0.155. The summed E-state index contributed by atoms with van der Waals surface area (Å²) < 4.78 is 5.82. The highest BCUT2D eigenvalue weighted by atomic mass is 79.9. The summed E-state index contributed by atoms with van der Waals surface area (Å²) >= 11 is 3.34. The molecule has 0 spiro atoms. The fraction of sp³-hybridized carbons (Fsp3) is 0.364. The Labute approximate surface area is 103 Å². The minimum Gasteiger partial charge on any atom is -0.459 e. The summed E-state index contributed by atoms with van der Waals surface area (Å²) in [6.45, 7) is 0.396. The van der Waals surface area contributed by atoms with E-state index < -0.39 is 12.1 Å². The maximum Gasteiger partial charge on any atom is 0.335 e. The molecular formula is C11H14BrNO3. The maximum atomic E-state index is 11.3. The van der Waals surface area contributed by atoms with E-state index in [1.54, 1.807) is 0 Å². The molecular weight excluding hydrogens is 274 g/mol. The van der Waals surface area contributed by atoms with Crippen LogP contribution in [-0.2, 0) is 16.1 Å². The molecule has 0 bridgehead atoms. The van der Waals surface area contributed by atoms with Gasteiger partial charge in [0.25, 0.3) is 0 Å². The number of nitrogens with two attached hydrogens (primary N) is 1. The molecule has 0 heterocycles. The molecule has 0 fully saturated rings. The molecule has 0 aliphatic carbocycles. The van der Waals surface area contributed by atoms with Gasteiger partial charge in [0.05, 0.1) is 0 Å².